The van der Waals surface area contributed by atoms with Crippen molar-refractivity contribution in [3.05, 3.63) is 0 Å². The zero-order valence-corrected chi connectivity index (χ0v) is 11.2. The molecule has 0 aliphatic rings. The quantitative estimate of drug-likeness (QED) is 0.334. The van der Waals surface area contributed by atoms with Gasteiger partial charge < -0.3 is 7.96 Å². The Morgan fingerprint density at radius 3 is 1.80 bits per heavy atom. The largest absolute Gasteiger partial charge is 1.00 e. The fraction of sp³-hybridized carbons (Fsp3) is 1.00. The molecule has 1 unspecified atom stereocenters. The fourth-order valence-corrected chi connectivity index (χ4v) is 0.914. The van der Waals surface area contributed by atoms with Gasteiger partial charge >= 0.3 is 59.1 Å². The summed E-state index contributed by atoms with van der Waals surface area (Å²) in [7, 11) is -3.97. The van der Waals surface area contributed by atoms with Crippen molar-refractivity contribution in [2.45, 2.75) is 13.0 Å². The van der Waals surface area contributed by atoms with E-state index in [4.69, 9.17) is 9.66 Å². The Morgan fingerprint density at radius 2 is 1.80 bits per heavy atom. The van der Waals surface area contributed by atoms with E-state index >= 15 is 0 Å². The van der Waals surface area contributed by atoms with Gasteiger partial charge in [-0.1, -0.05) is 0 Å². The number of aliphatic hydroxyl groups excluding tert-OH is 1. The summed E-state index contributed by atoms with van der Waals surface area (Å²) in [4.78, 5) is 0. The maximum Gasteiger partial charge on any atom is 1.00 e. The normalized spacial score (nSPS) is 12.7. The van der Waals surface area contributed by atoms with Crippen molar-refractivity contribution in [2.75, 3.05) is 5.75 Å². The number of aliphatic hydroxyl groups is 1. The second kappa shape index (κ2) is 7.52. The van der Waals surface area contributed by atoms with Crippen molar-refractivity contribution in [2.24, 2.45) is 0 Å². The monoisotopic (exact) mass is 188 g/mol. The van der Waals surface area contributed by atoms with E-state index in [9.17, 15) is 8.42 Å². The summed E-state index contributed by atoms with van der Waals surface area (Å²) in [6.07, 6.45) is -0.995. The van der Waals surface area contributed by atoms with Crippen molar-refractivity contribution in [3.8, 4) is 0 Å². The standard InChI is InChI=1S/C3H8O4S.2Na.2H/c1-3(4)2-8(5,6)7;;;;/h3-4H,2H2,1H3,(H,5,6,7);;;;/q;2*+1;2*-1. The molecule has 4 nitrogen and oxygen atoms in total. The summed E-state index contributed by atoms with van der Waals surface area (Å²) in [5.74, 6) is -0.590. The van der Waals surface area contributed by atoms with Crippen molar-refractivity contribution >= 4 is 10.1 Å². The van der Waals surface area contributed by atoms with E-state index in [2.05, 4.69) is 0 Å². The molecule has 0 aliphatic carbocycles. The molecule has 0 aromatic heterocycles. The first-order chi connectivity index (χ1) is 3.42. The molecule has 0 fully saturated rings. The minimum atomic E-state index is -3.97. The van der Waals surface area contributed by atoms with Gasteiger partial charge in [-0.05, 0) is 6.92 Å². The van der Waals surface area contributed by atoms with Gasteiger partial charge in [-0.25, -0.2) is 0 Å². The third-order valence-electron chi connectivity index (χ3n) is 0.452. The zero-order valence-electron chi connectivity index (χ0n) is 8.40. The molecule has 0 bridgehead atoms. The number of hydrogen-bond acceptors (Lipinski definition) is 3. The molecule has 0 radical (unpaired) electrons. The van der Waals surface area contributed by atoms with Gasteiger partial charge in [0.25, 0.3) is 10.1 Å². The Kier molecular flexibility index (Phi) is 13.4. The SMILES string of the molecule is CC(O)CS(=O)(=O)O.[H-].[H-].[Na+].[Na+]. The molecule has 7 heteroatoms. The van der Waals surface area contributed by atoms with Gasteiger partial charge in [0.2, 0.25) is 0 Å². The molecular formula is C3H10Na2O4S. The Balaban J connectivity index is -0.0000000408. The Morgan fingerprint density at radius 1 is 1.50 bits per heavy atom. The van der Waals surface area contributed by atoms with Gasteiger partial charge in [-0.2, -0.15) is 8.42 Å². The maximum atomic E-state index is 9.84. The van der Waals surface area contributed by atoms with Gasteiger partial charge in [0.1, 0.15) is 5.75 Å². The van der Waals surface area contributed by atoms with E-state index in [1.807, 2.05) is 0 Å². The second-order valence-electron chi connectivity index (χ2n) is 1.60. The van der Waals surface area contributed by atoms with Gasteiger partial charge in [-0.15, -0.1) is 0 Å². The molecule has 0 rings (SSSR count). The molecule has 54 valence electrons. The summed E-state index contributed by atoms with van der Waals surface area (Å²) < 4.78 is 27.7. The van der Waals surface area contributed by atoms with E-state index in [0.717, 1.165) is 0 Å². The van der Waals surface area contributed by atoms with Crippen LogP contribution >= 0.6 is 0 Å². The second-order valence-corrected chi connectivity index (χ2v) is 3.09. The third kappa shape index (κ3) is 16.5. The van der Waals surface area contributed by atoms with Crippen LogP contribution in [-0.4, -0.2) is 29.9 Å². The summed E-state index contributed by atoms with van der Waals surface area (Å²) >= 11 is 0. The topological polar surface area (TPSA) is 74.6 Å². The van der Waals surface area contributed by atoms with Crippen molar-refractivity contribution < 1.29 is 80.0 Å². The predicted molar refractivity (Wildman–Crippen MR) is 30.3 cm³/mol. The van der Waals surface area contributed by atoms with E-state index in [0.29, 0.717) is 0 Å². The smallest absolute Gasteiger partial charge is 1.00 e. The molecule has 10 heavy (non-hydrogen) atoms. The van der Waals surface area contributed by atoms with Crippen LogP contribution in [0.5, 0.6) is 0 Å². The molecule has 0 heterocycles. The minimum Gasteiger partial charge on any atom is -1.00 e. The van der Waals surface area contributed by atoms with Crippen LogP contribution in [0.15, 0.2) is 0 Å². The molecule has 1 atom stereocenters. The van der Waals surface area contributed by atoms with Crippen LogP contribution in [0, 0.1) is 0 Å². The van der Waals surface area contributed by atoms with Gasteiger partial charge in [0.15, 0.2) is 0 Å². The van der Waals surface area contributed by atoms with Gasteiger partial charge in [0.05, 0.1) is 6.10 Å². The first-order valence-electron chi connectivity index (χ1n) is 2.05. The molecule has 0 aliphatic heterocycles. The van der Waals surface area contributed by atoms with Crippen LogP contribution in [0.1, 0.15) is 9.78 Å². The Hall–Kier alpha value is 1.87. The first-order valence-corrected chi connectivity index (χ1v) is 3.66. The molecule has 0 aromatic carbocycles. The van der Waals surface area contributed by atoms with Gasteiger partial charge in [0, 0.05) is 0 Å². The summed E-state index contributed by atoms with van der Waals surface area (Å²) in [5.41, 5.74) is 0. The van der Waals surface area contributed by atoms with Crippen LogP contribution in [0.4, 0.5) is 0 Å². The number of rotatable bonds is 2. The van der Waals surface area contributed by atoms with Crippen LogP contribution in [0.2, 0.25) is 0 Å². The van der Waals surface area contributed by atoms with Crippen molar-refractivity contribution in [1.29, 1.82) is 0 Å². The average molecular weight is 188 g/mol. The van der Waals surface area contributed by atoms with Crippen LogP contribution in [-0.2, 0) is 10.1 Å². The Labute approximate surface area is 108 Å². The van der Waals surface area contributed by atoms with E-state index in [1.165, 1.54) is 6.92 Å². The molecule has 0 aromatic rings. The van der Waals surface area contributed by atoms with E-state index in [-0.39, 0.29) is 62.0 Å². The zero-order chi connectivity index (χ0) is 6.78. The molecule has 0 saturated heterocycles. The maximum absolute atomic E-state index is 9.84. The average Bonchev–Trinajstić information content (AvgIpc) is 1.21. The van der Waals surface area contributed by atoms with Crippen LogP contribution < -0.4 is 59.1 Å². The fourth-order valence-electron chi connectivity index (χ4n) is 0.305. The van der Waals surface area contributed by atoms with Crippen LogP contribution in [0.25, 0.3) is 0 Å². The minimum absolute atomic E-state index is 0. The molecule has 0 saturated carbocycles. The molecule has 0 amide bonds. The third-order valence-corrected chi connectivity index (χ3v) is 1.36. The Bertz CT molecular complexity index is 160. The van der Waals surface area contributed by atoms with E-state index in [1.54, 1.807) is 0 Å². The van der Waals surface area contributed by atoms with Gasteiger partial charge in [-0.3, -0.25) is 4.55 Å². The van der Waals surface area contributed by atoms with Crippen molar-refractivity contribution in [1.82, 2.24) is 0 Å². The summed E-state index contributed by atoms with van der Waals surface area (Å²) in [5, 5.41) is 8.35. The molecule has 2 N–H and O–H groups in total. The first kappa shape index (κ1) is 17.8. The predicted octanol–water partition coefficient (Wildman–Crippen LogP) is -6.51. The molecular weight excluding hydrogens is 178 g/mol. The summed E-state index contributed by atoms with van der Waals surface area (Å²) in [6.45, 7) is 1.29. The van der Waals surface area contributed by atoms with Crippen LogP contribution in [0.3, 0.4) is 0 Å². The number of hydrogen-bond donors (Lipinski definition) is 2. The molecule has 0 spiro atoms. The summed E-state index contributed by atoms with van der Waals surface area (Å²) in [6, 6.07) is 0. The van der Waals surface area contributed by atoms with E-state index < -0.39 is 22.0 Å². The van der Waals surface area contributed by atoms with Crippen molar-refractivity contribution in [3.63, 3.8) is 0 Å².